The van der Waals surface area contributed by atoms with E-state index in [4.69, 9.17) is 19.4 Å². The zero-order valence-corrected chi connectivity index (χ0v) is 26.4. The fourth-order valence-electron chi connectivity index (χ4n) is 6.90. The van der Waals surface area contributed by atoms with Crippen LogP contribution in [0.5, 0.6) is 0 Å². The summed E-state index contributed by atoms with van der Waals surface area (Å²) in [6.07, 6.45) is 0. The lowest BCUT2D eigenvalue weighted by molar-refractivity contribution is 0.670. The number of nitrogens with zero attached hydrogens (tertiary/aromatic N) is 3. The predicted molar refractivity (Wildman–Crippen MR) is 199 cm³/mol. The van der Waals surface area contributed by atoms with Crippen LogP contribution in [0.1, 0.15) is 0 Å². The Morgan fingerprint density at radius 3 is 1.92 bits per heavy atom. The molecule has 5 heteroatoms. The lowest BCUT2D eigenvalue weighted by Crippen LogP contribution is -2.01. The molecule has 10 rings (SSSR count). The Bertz CT molecular complexity index is 2850. The molecule has 0 bridgehead atoms. The minimum absolute atomic E-state index is 0.615. The lowest BCUT2D eigenvalue weighted by atomic mass is 9.97. The van der Waals surface area contributed by atoms with Crippen molar-refractivity contribution < 1.29 is 4.42 Å². The fraction of sp³-hybridized carbons (Fsp3) is 0. The van der Waals surface area contributed by atoms with Crippen LogP contribution >= 0.6 is 11.3 Å². The molecule has 0 amide bonds. The Morgan fingerprint density at radius 2 is 1.04 bits per heavy atom. The molecule has 3 heterocycles. The lowest BCUT2D eigenvalue weighted by Gasteiger charge is -2.13. The van der Waals surface area contributed by atoms with E-state index >= 15 is 0 Å². The van der Waals surface area contributed by atoms with Gasteiger partial charge in [-0.15, -0.1) is 11.3 Å². The van der Waals surface area contributed by atoms with E-state index in [1.165, 1.54) is 30.9 Å². The average Bonchev–Trinajstić information content (AvgIpc) is 3.72. The van der Waals surface area contributed by atoms with Crippen molar-refractivity contribution in [1.29, 1.82) is 0 Å². The van der Waals surface area contributed by atoms with Crippen molar-refractivity contribution >= 4 is 64.2 Å². The maximum absolute atomic E-state index is 6.47. The number of para-hydroxylation sites is 2. The molecule has 0 N–H and O–H groups in total. The van der Waals surface area contributed by atoms with Crippen molar-refractivity contribution in [3.8, 4) is 45.3 Å². The summed E-state index contributed by atoms with van der Waals surface area (Å²) in [5.41, 5.74) is 6.57. The minimum atomic E-state index is 0.615. The van der Waals surface area contributed by atoms with Gasteiger partial charge in [0, 0.05) is 53.2 Å². The summed E-state index contributed by atoms with van der Waals surface area (Å²) < 4.78 is 8.93. The van der Waals surface area contributed by atoms with Gasteiger partial charge in [-0.2, -0.15) is 0 Å². The van der Waals surface area contributed by atoms with E-state index in [1.54, 1.807) is 0 Å². The highest BCUT2D eigenvalue weighted by molar-refractivity contribution is 7.26. The van der Waals surface area contributed by atoms with Crippen molar-refractivity contribution in [3.63, 3.8) is 0 Å². The molecule has 0 fully saturated rings. The van der Waals surface area contributed by atoms with Gasteiger partial charge >= 0.3 is 0 Å². The monoisotopic (exact) mass is 631 g/mol. The molecular weight excluding hydrogens is 607 g/mol. The first-order valence-corrected chi connectivity index (χ1v) is 16.8. The average molecular weight is 632 g/mol. The van der Waals surface area contributed by atoms with Gasteiger partial charge in [0.15, 0.2) is 17.5 Å². The van der Waals surface area contributed by atoms with Gasteiger partial charge in [0.1, 0.15) is 11.2 Å². The smallest absolute Gasteiger partial charge is 0.164 e. The van der Waals surface area contributed by atoms with Gasteiger partial charge in [0.2, 0.25) is 0 Å². The molecule has 4 nitrogen and oxygen atoms in total. The zero-order chi connectivity index (χ0) is 31.6. The van der Waals surface area contributed by atoms with Crippen LogP contribution in [0.4, 0.5) is 0 Å². The van der Waals surface area contributed by atoms with E-state index in [2.05, 4.69) is 115 Å². The molecule has 10 aromatic rings. The Hall–Kier alpha value is -6.17. The third-order valence-corrected chi connectivity index (χ3v) is 10.3. The van der Waals surface area contributed by atoms with Gasteiger partial charge in [-0.1, -0.05) is 127 Å². The number of furan rings is 1. The van der Waals surface area contributed by atoms with E-state index in [0.717, 1.165) is 49.8 Å². The summed E-state index contributed by atoms with van der Waals surface area (Å²) >= 11 is 1.81. The molecule has 0 atom stereocenters. The van der Waals surface area contributed by atoms with Crippen molar-refractivity contribution in [3.05, 3.63) is 152 Å². The SMILES string of the molecule is c1ccc(-c2nc(-c3ccccc3-c3cccc4c3oc3ccccc34)nc(-c3cccc4sc5cc6ccccc6cc5c34)n2)cc1. The van der Waals surface area contributed by atoms with Crippen molar-refractivity contribution in [2.24, 2.45) is 0 Å². The summed E-state index contributed by atoms with van der Waals surface area (Å²) in [5.74, 6) is 1.90. The second kappa shape index (κ2) is 10.7. The Balaban J connectivity index is 1.24. The normalized spacial score (nSPS) is 11.8. The van der Waals surface area contributed by atoms with Crippen molar-refractivity contribution in [2.45, 2.75) is 0 Å². The molecule has 0 aliphatic carbocycles. The van der Waals surface area contributed by atoms with E-state index in [0.29, 0.717) is 17.5 Å². The first-order valence-electron chi connectivity index (χ1n) is 15.9. The van der Waals surface area contributed by atoms with E-state index in [-0.39, 0.29) is 0 Å². The van der Waals surface area contributed by atoms with Crippen LogP contribution in [0.2, 0.25) is 0 Å². The van der Waals surface area contributed by atoms with Gasteiger partial charge in [0.25, 0.3) is 0 Å². The molecule has 7 aromatic carbocycles. The predicted octanol–water partition coefficient (Wildman–Crippen LogP) is 12.0. The number of hydrogen-bond donors (Lipinski definition) is 0. The maximum Gasteiger partial charge on any atom is 0.164 e. The number of fused-ring (bicyclic) bond motifs is 7. The van der Waals surface area contributed by atoms with Crippen LogP contribution in [-0.4, -0.2) is 15.0 Å². The largest absolute Gasteiger partial charge is 0.455 e. The highest BCUT2D eigenvalue weighted by atomic mass is 32.1. The van der Waals surface area contributed by atoms with E-state index in [9.17, 15) is 0 Å². The van der Waals surface area contributed by atoms with Gasteiger partial charge in [-0.25, -0.2) is 15.0 Å². The van der Waals surface area contributed by atoms with Crippen LogP contribution in [0.15, 0.2) is 156 Å². The topological polar surface area (TPSA) is 51.8 Å². The molecule has 48 heavy (non-hydrogen) atoms. The zero-order valence-electron chi connectivity index (χ0n) is 25.6. The number of rotatable bonds is 4. The summed E-state index contributed by atoms with van der Waals surface area (Å²) in [6, 6.07) is 52.6. The standard InChI is InChI=1S/C43H25N3OS/c1-2-12-26(13-3-1)41-44-42(33-18-7-6-16-29(33)31-19-10-20-32-30-17-8-9-22-36(30)47-40(31)32)46-43(45-41)34-21-11-23-37-39(34)35-24-27-14-4-5-15-28(27)25-38(35)48-37/h1-25H. The Labute approximate surface area is 279 Å². The summed E-state index contributed by atoms with van der Waals surface area (Å²) in [6.45, 7) is 0. The fourth-order valence-corrected chi connectivity index (χ4v) is 8.07. The third kappa shape index (κ3) is 4.25. The van der Waals surface area contributed by atoms with Gasteiger partial charge in [-0.3, -0.25) is 0 Å². The van der Waals surface area contributed by atoms with Crippen molar-refractivity contribution in [2.75, 3.05) is 0 Å². The van der Waals surface area contributed by atoms with Crippen molar-refractivity contribution in [1.82, 2.24) is 15.0 Å². The van der Waals surface area contributed by atoms with Gasteiger partial charge in [0.05, 0.1) is 0 Å². The molecule has 224 valence electrons. The molecule has 0 aliphatic rings. The molecule has 0 radical (unpaired) electrons. The highest BCUT2D eigenvalue weighted by Crippen LogP contribution is 2.43. The Morgan fingerprint density at radius 1 is 0.417 bits per heavy atom. The first kappa shape index (κ1) is 27.0. The molecule has 0 unspecified atom stereocenters. The second-order valence-corrected chi connectivity index (χ2v) is 13.1. The quantitative estimate of drug-likeness (QED) is 0.194. The van der Waals surface area contributed by atoms with Gasteiger partial charge < -0.3 is 4.42 Å². The van der Waals surface area contributed by atoms with Crippen LogP contribution in [0, 0.1) is 0 Å². The Kier molecular flexibility index (Phi) is 6.01. The summed E-state index contributed by atoms with van der Waals surface area (Å²) in [5, 5.41) is 7.02. The molecule has 0 spiro atoms. The minimum Gasteiger partial charge on any atom is -0.455 e. The van der Waals surface area contributed by atoms with E-state index in [1.807, 2.05) is 47.7 Å². The highest BCUT2D eigenvalue weighted by Gasteiger charge is 2.20. The number of hydrogen-bond acceptors (Lipinski definition) is 5. The molecular formula is C43H25N3OS. The third-order valence-electron chi connectivity index (χ3n) is 9.13. The van der Waals surface area contributed by atoms with Gasteiger partial charge in [-0.05, 0) is 40.6 Å². The van der Waals surface area contributed by atoms with Crippen LogP contribution in [0.25, 0.3) is 98.2 Å². The molecule has 0 saturated heterocycles. The maximum atomic E-state index is 6.47. The molecule has 0 saturated carbocycles. The summed E-state index contributed by atoms with van der Waals surface area (Å²) in [7, 11) is 0. The number of benzene rings is 7. The van der Waals surface area contributed by atoms with Crippen LogP contribution in [0.3, 0.4) is 0 Å². The number of thiophene rings is 1. The molecule has 0 aliphatic heterocycles. The van der Waals surface area contributed by atoms with Crippen LogP contribution in [-0.2, 0) is 0 Å². The van der Waals surface area contributed by atoms with Crippen LogP contribution < -0.4 is 0 Å². The molecule has 3 aromatic heterocycles. The first-order chi connectivity index (χ1) is 23.8. The van der Waals surface area contributed by atoms with E-state index < -0.39 is 0 Å². The summed E-state index contributed by atoms with van der Waals surface area (Å²) in [4.78, 5) is 15.5. The second-order valence-electron chi connectivity index (χ2n) is 12.0. The number of aromatic nitrogens is 3.